The largest absolute Gasteiger partial charge is 0.486 e. The maximum atomic E-state index is 12.5. The normalized spacial score (nSPS) is 14.4. The van der Waals surface area contributed by atoms with Gasteiger partial charge in [0.2, 0.25) is 5.91 Å². The highest BCUT2D eigenvalue weighted by Crippen LogP contribution is 2.33. The van der Waals surface area contributed by atoms with Crippen molar-refractivity contribution >= 4 is 12.6 Å². The Kier molecular flexibility index (Phi) is 14.4. The first-order valence-corrected chi connectivity index (χ1v) is 13.4. The minimum atomic E-state index is -0.892. The van der Waals surface area contributed by atoms with E-state index in [1.54, 1.807) is 18.2 Å². The van der Waals surface area contributed by atoms with Gasteiger partial charge in [-0.2, -0.15) is 0 Å². The van der Waals surface area contributed by atoms with Gasteiger partial charge in [-0.05, 0) is 30.8 Å². The lowest BCUT2D eigenvalue weighted by Gasteiger charge is -2.25. The molecule has 0 radical (unpaired) electrons. The van der Waals surface area contributed by atoms with Crippen molar-refractivity contribution in [2.45, 2.75) is 109 Å². The van der Waals surface area contributed by atoms with E-state index in [1.165, 1.54) is 70.6 Å². The molecule has 0 saturated carbocycles. The second-order valence-corrected chi connectivity index (χ2v) is 9.42. The molecule has 2 N–H and O–H groups in total. The Hall–Kier alpha value is -2.08. The Balaban J connectivity index is 1.59. The number of fused-ring (bicyclic) bond motifs is 1. The minimum Gasteiger partial charge on any atom is -0.486 e. The molecule has 1 aliphatic heterocycles. The van der Waals surface area contributed by atoms with Gasteiger partial charge in [0.25, 0.3) is 0 Å². The maximum Gasteiger partial charge on any atom is 0.220 e. The molecule has 0 fully saturated rings. The molecule has 2 rings (SSSR count). The van der Waals surface area contributed by atoms with Crippen LogP contribution in [-0.2, 0) is 4.79 Å². The van der Waals surface area contributed by atoms with Crippen LogP contribution in [0.2, 0.25) is 0 Å². The number of rotatable bonds is 19. The molecule has 192 valence electrons. The third-order valence-electron chi connectivity index (χ3n) is 6.47. The van der Waals surface area contributed by atoms with Crippen LogP contribution in [0.15, 0.2) is 23.2 Å². The van der Waals surface area contributed by atoms with Crippen molar-refractivity contribution in [3.05, 3.63) is 23.8 Å². The average Bonchev–Trinajstić information content (AvgIpc) is 2.85. The lowest BCUT2D eigenvalue weighted by molar-refractivity contribution is -0.122. The highest BCUT2D eigenvalue weighted by molar-refractivity contribution is 5.76. The first-order valence-electron chi connectivity index (χ1n) is 13.4. The molecule has 1 amide bonds. The van der Waals surface area contributed by atoms with Gasteiger partial charge in [-0.25, -0.2) is 0 Å². The van der Waals surface area contributed by atoms with Crippen LogP contribution in [0.5, 0.6) is 11.5 Å². The van der Waals surface area contributed by atoms with Crippen LogP contribution in [0.25, 0.3) is 0 Å². The number of benzene rings is 1. The van der Waals surface area contributed by atoms with Gasteiger partial charge >= 0.3 is 0 Å². The molecule has 1 aromatic carbocycles. The third-order valence-corrected chi connectivity index (χ3v) is 6.47. The van der Waals surface area contributed by atoms with Crippen molar-refractivity contribution in [2.75, 3.05) is 19.8 Å². The zero-order valence-electron chi connectivity index (χ0n) is 21.2. The van der Waals surface area contributed by atoms with Crippen molar-refractivity contribution in [1.82, 2.24) is 5.32 Å². The molecule has 34 heavy (non-hydrogen) atoms. The quantitative estimate of drug-likeness (QED) is 0.186. The Morgan fingerprint density at radius 2 is 1.50 bits per heavy atom. The molecule has 0 bridgehead atoms. The number of amides is 1. The van der Waals surface area contributed by atoms with Gasteiger partial charge in [-0.15, -0.1) is 0 Å². The van der Waals surface area contributed by atoms with Crippen LogP contribution >= 0.6 is 0 Å². The van der Waals surface area contributed by atoms with E-state index in [1.807, 2.05) is 0 Å². The highest BCUT2D eigenvalue weighted by Gasteiger charge is 2.24. The van der Waals surface area contributed by atoms with Crippen LogP contribution in [-0.4, -0.2) is 43.5 Å². The van der Waals surface area contributed by atoms with Gasteiger partial charge < -0.3 is 19.9 Å². The zero-order valence-corrected chi connectivity index (χ0v) is 21.2. The second kappa shape index (κ2) is 17.4. The van der Waals surface area contributed by atoms with Gasteiger partial charge in [0.1, 0.15) is 19.3 Å². The zero-order chi connectivity index (χ0) is 24.4. The number of ether oxygens (including phenoxy) is 2. The van der Waals surface area contributed by atoms with Crippen LogP contribution in [0.1, 0.15) is 108 Å². The minimum absolute atomic E-state index is 0.0479. The fourth-order valence-electron chi connectivity index (χ4n) is 4.42. The predicted molar refractivity (Wildman–Crippen MR) is 139 cm³/mol. The number of unbranched alkanes of at least 4 members (excludes halogenated alkanes) is 12. The molecule has 2 unspecified atom stereocenters. The maximum absolute atomic E-state index is 12.5. The summed E-state index contributed by atoms with van der Waals surface area (Å²) in [5.74, 6) is 1.24. The number of carbonyl (C=O) groups is 1. The van der Waals surface area contributed by atoms with E-state index in [-0.39, 0.29) is 12.5 Å². The van der Waals surface area contributed by atoms with Crippen molar-refractivity contribution < 1.29 is 19.4 Å². The number of aliphatic hydroxyl groups excluding tert-OH is 1. The molecule has 1 aliphatic rings. The summed E-state index contributed by atoms with van der Waals surface area (Å²) in [4.78, 5) is 16.4. The van der Waals surface area contributed by atoms with Crippen LogP contribution in [0, 0.1) is 0 Å². The van der Waals surface area contributed by atoms with Crippen molar-refractivity contribution in [3.63, 3.8) is 0 Å². The Labute approximate surface area is 206 Å². The van der Waals surface area contributed by atoms with E-state index in [0.717, 1.165) is 12.8 Å². The molecule has 6 nitrogen and oxygen atoms in total. The van der Waals surface area contributed by atoms with Gasteiger partial charge in [-0.3, -0.25) is 9.79 Å². The summed E-state index contributed by atoms with van der Waals surface area (Å²) in [6.45, 7) is 7.05. The summed E-state index contributed by atoms with van der Waals surface area (Å²) in [6.07, 6.45) is 16.2. The number of hydrogen-bond acceptors (Lipinski definition) is 5. The molecule has 0 aliphatic carbocycles. The molecule has 2 atom stereocenters. The molecule has 1 heterocycles. The van der Waals surface area contributed by atoms with E-state index in [0.29, 0.717) is 36.7 Å². The number of nitrogens with one attached hydrogen (secondary N) is 1. The second-order valence-electron chi connectivity index (χ2n) is 9.42. The summed E-state index contributed by atoms with van der Waals surface area (Å²) in [6, 6.07) is 4.84. The number of aliphatic hydroxyl groups is 1. The third kappa shape index (κ3) is 10.9. The fourth-order valence-corrected chi connectivity index (χ4v) is 4.42. The monoisotopic (exact) mass is 474 g/mol. The van der Waals surface area contributed by atoms with Gasteiger partial charge in [0.15, 0.2) is 11.5 Å². The van der Waals surface area contributed by atoms with Gasteiger partial charge in [0.05, 0.1) is 12.6 Å². The van der Waals surface area contributed by atoms with Crippen molar-refractivity contribution in [3.8, 4) is 11.5 Å². The SMILES string of the molecule is C=NCC(NC(=O)CCCCCCCCCCCCCCC)C(O)c1ccc2c(c1)OCCO2. The summed E-state index contributed by atoms with van der Waals surface area (Å²) in [5, 5.41) is 13.8. The van der Waals surface area contributed by atoms with Crippen LogP contribution < -0.4 is 14.8 Å². The van der Waals surface area contributed by atoms with Gasteiger partial charge in [-0.1, -0.05) is 90.0 Å². The lowest BCUT2D eigenvalue weighted by Crippen LogP contribution is -2.41. The highest BCUT2D eigenvalue weighted by atomic mass is 16.6. The first-order chi connectivity index (χ1) is 16.7. The van der Waals surface area contributed by atoms with E-state index in [4.69, 9.17) is 9.47 Å². The van der Waals surface area contributed by atoms with E-state index in [2.05, 4.69) is 24.0 Å². The first kappa shape index (κ1) is 28.2. The molecule has 6 heteroatoms. The molecule has 0 spiro atoms. The van der Waals surface area contributed by atoms with E-state index < -0.39 is 12.1 Å². The molecule has 0 aromatic heterocycles. The molecular formula is C28H46N2O4. The Morgan fingerprint density at radius 3 is 2.09 bits per heavy atom. The molecular weight excluding hydrogens is 428 g/mol. The van der Waals surface area contributed by atoms with Crippen molar-refractivity contribution in [1.29, 1.82) is 0 Å². The molecule has 1 aromatic rings. The fraction of sp³-hybridized carbons (Fsp3) is 0.714. The van der Waals surface area contributed by atoms with Gasteiger partial charge in [0, 0.05) is 6.42 Å². The Morgan fingerprint density at radius 1 is 0.941 bits per heavy atom. The van der Waals surface area contributed by atoms with Crippen LogP contribution in [0.4, 0.5) is 0 Å². The smallest absolute Gasteiger partial charge is 0.220 e. The summed E-state index contributed by atoms with van der Waals surface area (Å²) < 4.78 is 11.1. The number of aliphatic imine (C=N–C) groups is 1. The topological polar surface area (TPSA) is 80.2 Å². The summed E-state index contributed by atoms with van der Waals surface area (Å²) in [5.41, 5.74) is 0.666. The average molecular weight is 475 g/mol. The standard InChI is InChI=1S/C28H46N2O4/c1-3-4-5-6-7-8-9-10-11-12-13-14-15-16-27(31)30-24(22-29-2)28(32)23-17-18-25-26(21-23)34-20-19-33-25/h17-18,21,24,28,32H,2-16,19-20,22H2,1H3,(H,30,31). The van der Waals surface area contributed by atoms with Crippen molar-refractivity contribution in [2.24, 2.45) is 4.99 Å². The summed E-state index contributed by atoms with van der Waals surface area (Å²) in [7, 11) is 0. The predicted octanol–water partition coefficient (Wildman–Crippen LogP) is 6.16. The van der Waals surface area contributed by atoms with E-state index in [9.17, 15) is 9.90 Å². The van der Waals surface area contributed by atoms with E-state index >= 15 is 0 Å². The molecule has 0 saturated heterocycles. The number of hydrogen-bond donors (Lipinski definition) is 2. The Bertz CT molecular complexity index is 710. The lowest BCUT2D eigenvalue weighted by atomic mass is 10.0. The summed E-state index contributed by atoms with van der Waals surface area (Å²) >= 11 is 0. The number of nitrogens with zero attached hydrogens (tertiary/aromatic N) is 1. The number of carbonyl (C=O) groups excluding carboxylic acids is 1. The van der Waals surface area contributed by atoms with Crippen LogP contribution in [0.3, 0.4) is 0 Å².